The second kappa shape index (κ2) is 8.32. The maximum atomic E-state index is 11.9. The lowest BCUT2D eigenvalue weighted by molar-refractivity contribution is -0.127. The van der Waals surface area contributed by atoms with E-state index in [9.17, 15) is 4.79 Å². The van der Waals surface area contributed by atoms with Crippen LogP contribution in [0.1, 0.15) is 25.5 Å². The molecule has 1 aromatic carbocycles. The molecule has 2 unspecified atom stereocenters. The Morgan fingerprint density at radius 2 is 2.14 bits per heavy atom. The molecule has 0 aliphatic rings. The highest BCUT2D eigenvalue weighted by atomic mass is 16.5. The predicted octanol–water partition coefficient (Wildman–Crippen LogP) is 2.05. The molecule has 0 aliphatic heterocycles. The molecule has 0 bridgehead atoms. The molecule has 0 aromatic heterocycles. The lowest BCUT2D eigenvalue weighted by atomic mass is 10.1. The summed E-state index contributed by atoms with van der Waals surface area (Å²) in [6, 6.07) is 5.71. The van der Waals surface area contributed by atoms with Crippen molar-refractivity contribution in [1.29, 1.82) is 0 Å². The first-order valence-corrected chi connectivity index (χ1v) is 6.94. The Labute approximate surface area is 126 Å². The van der Waals surface area contributed by atoms with E-state index in [0.29, 0.717) is 18.0 Å². The Hall–Kier alpha value is -2.01. The number of rotatable bonds is 8. The zero-order valence-corrected chi connectivity index (χ0v) is 13.1. The van der Waals surface area contributed by atoms with Gasteiger partial charge in [0, 0.05) is 24.2 Å². The largest absolute Gasteiger partial charge is 0.497 e. The molecule has 0 saturated carbocycles. The van der Waals surface area contributed by atoms with Gasteiger partial charge in [0.15, 0.2) is 6.10 Å². The van der Waals surface area contributed by atoms with Gasteiger partial charge >= 0.3 is 0 Å². The van der Waals surface area contributed by atoms with E-state index in [2.05, 4.69) is 17.2 Å². The normalized spacial score (nSPS) is 13.1. The van der Waals surface area contributed by atoms with E-state index in [1.807, 2.05) is 26.1 Å². The van der Waals surface area contributed by atoms with Crippen molar-refractivity contribution in [1.82, 2.24) is 10.6 Å². The summed E-state index contributed by atoms with van der Waals surface area (Å²) in [7, 11) is 3.47. The molecule has 1 rings (SSSR count). The van der Waals surface area contributed by atoms with Crippen LogP contribution in [0.3, 0.4) is 0 Å². The fourth-order valence-electron chi connectivity index (χ4n) is 1.82. The van der Waals surface area contributed by atoms with Crippen LogP contribution >= 0.6 is 0 Å². The lowest BCUT2D eigenvalue weighted by Crippen LogP contribution is -2.36. The zero-order chi connectivity index (χ0) is 15.8. The number of carbonyl (C=O) groups excluding carboxylic acids is 1. The third-order valence-corrected chi connectivity index (χ3v) is 3.21. The van der Waals surface area contributed by atoms with Gasteiger partial charge in [-0.1, -0.05) is 12.1 Å². The molecule has 21 heavy (non-hydrogen) atoms. The summed E-state index contributed by atoms with van der Waals surface area (Å²) >= 11 is 0. The van der Waals surface area contributed by atoms with Crippen LogP contribution in [0, 0.1) is 0 Å². The number of benzene rings is 1. The molecular weight excluding hydrogens is 268 g/mol. The molecule has 5 nitrogen and oxygen atoms in total. The molecule has 0 radical (unpaired) electrons. The molecule has 116 valence electrons. The van der Waals surface area contributed by atoms with Crippen LogP contribution in [0.2, 0.25) is 0 Å². The van der Waals surface area contributed by atoms with Gasteiger partial charge in [-0.25, -0.2) is 0 Å². The minimum absolute atomic E-state index is 0.106. The number of methoxy groups -OCH3 is 1. The van der Waals surface area contributed by atoms with E-state index in [4.69, 9.17) is 9.47 Å². The molecule has 0 spiro atoms. The van der Waals surface area contributed by atoms with Crippen LogP contribution in [0.15, 0.2) is 30.9 Å². The van der Waals surface area contributed by atoms with Gasteiger partial charge in [0.05, 0.1) is 7.11 Å². The molecule has 0 saturated heterocycles. The second-order valence-corrected chi connectivity index (χ2v) is 4.71. The Morgan fingerprint density at radius 3 is 2.71 bits per heavy atom. The molecule has 2 atom stereocenters. The van der Waals surface area contributed by atoms with Gasteiger partial charge in [-0.15, -0.1) is 6.58 Å². The summed E-state index contributed by atoms with van der Waals surface area (Å²) in [5.74, 6) is 1.15. The number of hydrogen-bond donors (Lipinski definition) is 2. The molecule has 1 amide bonds. The zero-order valence-electron chi connectivity index (χ0n) is 13.1. The number of nitrogens with one attached hydrogen (secondary N) is 2. The van der Waals surface area contributed by atoms with Crippen molar-refractivity contribution in [2.45, 2.75) is 26.0 Å². The summed E-state index contributed by atoms with van der Waals surface area (Å²) in [5.41, 5.74) is 0.974. The van der Waals surface area contributed by atoms with Crippen LogP contribution in [-0.2, 0) is 4.79 Å². The van der Waals surface area contributed by atoms with Crippen LogP contribution in [0.25, 0.3) is 0 Å². The van der Waals surface area contributed by atoms with Crippen molar-refractivity contribution in [2.24, 2.45) is 0 Å². The molecule has 0 aliphatic carbocycles. The Bertz CT molecular complexity index is 488. The first-order chi connectivity index (χ1) is 10.0. The quantitative estimate of drug-likeness (QED) is 0.720. The van der Waals surface area contributed by atoms with Crippen molar-refractivity contribution in [3.05, 3.63) is 36.4 Å². The average molecular weight is 292 g/mol. The van der Waals surface area contributed by atoms with Crippen molar-refractivity contribution in [3.8, 4) is 11.5 Å². The van der Waals surface area contributed by atoms with Crippen LogP contribution < -0.4 is 20.1 Å². The summed E-state index contributed by atoms with van der Waals surface area (Å²) in [5, 5.41) is 5.88. The third kappa shape index (κ3) is 4.79. The maximum Gasteiger partial charge on any atom is 0.261 e. The third-order valence-electron chi connectivity index (χ3n) is 3.21. The standard InChI is InChI=1S/C16H24N2O3/c1-6-9-18-16(19)12(3)21-15-10-13(20-5)7-8-14(15)11(2)17-4/h6-8,10-12,17H,1,9H2,2-5H3,(H,18,19). The highest BCUT2D eigenvalue weighted by Crippen LogP contribution is 2.30. The van der Waals surface area contributed by atoms with Crippen molar-refractivity contribution < 1.29 is 14.3 Å². The van der Waals surface area contributed by atoms with Crippen molar-refractivity contribution in [2.75, 3.05) is 20.7 Å². The summed E-state index contributed by atoms with van der Waals surface area (Å²) in [6.45, 7) is 7.73. The molecular formula is C16H24N2O3. The van der Waals surface area contributed by atoms with E-state index >= 15 is 0 Å². The first kappa shape index (κ1) is 17.0. The van der Waals surface area contributed by atoms with Crippen LogP contribution in [0.4, 0.5) is 0 Å². The maximum absolute atomic E-state index is 11.9. The smallest absolute Gasteiger partial charge is 0.261 e. The minimum atomic E-state index is -0.597. The Balaban J connectivity index is 2.93. The number of carbonyl (C=O) groups is 1. The molecule has 0 fully saturated rings. The number of ether oxygens (including phenoxy) is 2. The van der Waals surface area contributed by atoms with Crippen molar-refractivity contribution in [3.63, 3.8) is 0 Å². The van der Waals surface area contributed by atoms with E-state index in [1.165, 1.54) is 0 Å². The topological polar surface area (TPSA) is 59.6 Å². The van der Waals surface area contributed by atoms with Gasteiger partial charge in [-0.3, -0.25) is 4.79 Å². The molecule has 1 aromatic rings. The van der Waals surface area contributed by atoms with Crippen LogP contribution in [0.5, 0.6) is 11.5 Å². The molecule has 2 N–H and O–H groups in total. The Morgan fingerprint density at radius 1 is 1.43 bits per heavy atom. The van der Waals surface area contributed by atoms with Crippen molar-refractivity contribution >= 4 is 5.91 Å². The molecule has 0 heterocycles. The van der Waals surface area contributed by atoms with Gasteiger partial charge in [0.25, 0.3) is 5.91 Å². The van der Waals surface area contributed by atoms with E-state index in [1.54, 1.807) is 26.2 Å². The fourth-order valence-corrected chi connectivity index (χ4v) is 1.82. The fraction of sp³-hybridized carbons (Fsp3) is 0.438. The minimum Gasteiger partial charge on any atom is -0.497 e. The number of amides is 1. The first-order valence-electron chi connectivity index (χ1n) is 6.94. The van der Waals surface area contributed by atoms with Gasteiger partial charge in [-0.2, -0.15) is 0 Å². The summed E-state index contributed by atoms with van der Waals surface area (Å²) in [4.78, 5) is 11.9. The van der Waals surface area contributed by atoms with Gasteiger partial charge < -0.3 is 20.1 Å². The van der Waals surface area contributed by atoms with E-state index in [0.717, 1.165) is 5.56 Å². The Kier molecular flexibility index (Phi) is 6.75. The second-order valence-electron chi connectivity index (χ2n) is 4.71. The SMILES string of the molecule is C=CCNC(=O)C(C)Oc1cc(OC)ccc1C(C)NC. The van der Waals surface area contributed by atoms with Gasteiger partial charge in [0.2, 0.25) is 0 Å². The van der Waals surface area contributed by atoms with Gasteiger partial charge in [0.1, 0.15) is 11.5 Å². The highest BCUT2D eigenvalue weighted by molar-refractivity contribution is 5.80. The number of hydrogen-bond acceptors (Lipinski definition) is 4. The monoisotopic (exact) mass is 292 g/mol. The van der Waals surface area contributed by atoms with Crippen LogP contribution in [-0.4, -0.2) is 32.7 Å². The summed E-state index contributed by atoms with van der Waals surface area (Å²) in [6.07, 6.45) is 1.03. The lowest BCUT2D eigenvalue weighted by Gasteiger charge is -2.20. The summed E-state index contributed by atoms with van der Waals surface area (Å²) < 4.78 is 11.0. The van der Waals surface area contributed by atoms with E-state index in [-0.39, 0.29) is 11.9 Å². The molecule has 5 heteroatoms. The van der Waals surface area contributed by atoms with Gasteiger partial charge in [-0.05, 0) is 27.0 Å². The highest BCUT2D eigenvalue weighted by Gasteiger charge is 2.18. The average Bonchev–Trinajstić information content (AvgIpc) is 2.51. The predicted molar refractivity (Wildman–Crippen MR) is 83.8 cm³/mol. The van der Waals surface area contributed by atoms with E-state index < -0.39 is 6.10 Å².